The molecule has 0 amide bonds. The van der Waals surface area contributed by atoms with Crippen molar-refractivity contribution in [2.75, 3.05) is 12.9 Å². The highest BCUT2D eigenvalue weighted by Crippen LogP contribution is 2.42. The Labute approximate surface area is 183 Å². The Morgan fingerprint density at radius 2 is 1.78 bits per heavy atom. The van der Waals surface area contributed by atoms with Crippen LogP contribution in [0.1, 0.15) is 25.1 Å². The molecule has 1 heterocycles. The van der Waals surface area contributed by atoms with Gasteiger partial charge in [-0.3, -0.25) is 0 Å². The third-order valence-electron chi connectivity index (χ3n) is 5.10. The van der Waals surface area contributed by atoms with Crippen molar-refractivity contribution >= 4 is 15.4 Å². The molecule has 1 aliphatic rings. The fourth-order valence-electron chi connectivity index (χ4n) is 3.22. The Balaban J connectivity index is 2.32. The van der Waals surface area contributed by atoms with Crippen LogP contribution in [0.2, 0.25) is 0 Å². The van der Waals surface area contributed by atoms with Crippen molar-refractivity contribution in [1.29, 1.82) is 0 Å². The number of halogens is 4. The van der Waals surface area contributed by atoms with E-state index in [1.54, 1.807) is 6.92 Å². The number of sulfone groups is 1. The normalized spacial score (nSPS) is 18.9. The van der Waals surface area contributed by atoms with Gasteiger partial charge in [-0.15, -0.1) is 0 Å². The number of hydrogen-bond donors (Lipinski definition) is 0. The number of rotatable bonds is 5. The van der Waals surface area contributed by atoms with Crippen LogP contribution in [0.3, 0.4) is 0 Å². The SMILES string of the molecule is CCOc1cc(C2=CC=CC(C)(S(C)(=O)=O)C=C2)c(-c2ccc(F)cc2)c(C(F)(F)F)n1. The molecular formula is C23H21F4NO3S. The fourth-order valence-corrected chi connectivity index (χ4v) is 3.86. The molecule has 3 rings (SSSR count). The zero-order valence-electron chi connectivity index (χ0n) is 17.6. The Bertz CT molecular complexity index is 1210. The first-order valence-electron chi connectivity index (χ1n) is 9.65. The van der Waals surface area contributed by atoms with E-state index in [9.17, 15) is 26.0 Å². The summed E-state index contributed by atoms with van der Waals surface area (Å²) in [4.78, 5) is 3.67. The summed E-state index contributed by atoms with van der Waals surface area (Å²) in [6, 6.07) is 5.97. The van der Waals surface area contributed by atoms with Crippen LogP contribution >= 0.6 is 0 Å². The van der Waals surface area contributed by atoms with Gasteiger partial charge in [0.05, 0.1) is 6.61 Å². The van der Waals surface area contributed by atoms with Gasteiger partial charge in [0.15, 0.2) is 15.5 Å². The number of aromatic nitrogens is 1. The van der Waals surface area contributed by atoms with Gasteiger partial charge in [-0.1, -0.05) is 42.5 Å². The molecule has 0 spiro atoms. The number of benzene rings is 1. The maximum absolute atomic E-state index is 14.0. The van der Waals surface area contributed by atoms with Crippen molar-refractivity contribution in [3.8, 4) is 17.0 Å². The molecule has 0 saturated heterocycles. The maximum atomic E-state index is 14.0. The molecule has 1 atom stereocenters. The second-order valence-electron chi connectivity index (χ2n) is 7.44. The Morgan fingerprint density at radius 3 is 2.34 bits per heavy atom. The third-order valence-corrected chi connectivity index (χ3v) is 6.97. The minimum atomic E-state index is -4.82. The largest absolute Gasteiger partial charge is 0.478 e. The smallest absolute Gasteiger partial charge is 0.434 e. The molecule has 170 valence electrons. The summed E-state index contributed by atoms with van der Waals surface area (Å²) in [6.07, 6.45) is 3.60. The van der Waals surface area contributed by atoms with E-state index in [2.05, 4.69) is 4.98 Å². The van der Waals surface area contributed by atoms with Gasteiger partial charge in [-0.25, -0.2) is 17.8 Å². The van der Waals surface area contributed by atoms with Crippen LogP contribution in [0.25, 0.3) is 16.7 Å². The minimum absolute atomic E-state index is 0.0978. The van der Waals surface area contributed by atoms with Gasteiger partial charge in [0.2, 0.25) is 5.88 Å². The second kappa shape index (κ2) is 8.54. The van der Waals surface area contributed by atoms with E-state index in [0.717, 1.165) is 18.4 Å². The van der Waals surface area contributed by atoms with Crippen LogP contribution in [-0.4, -0.2) is 31.0 Å². The van der Waals surface area contributed by atoms with E-state index >= 15 is 0 Å². The number of pyridine rings is 1. The molecule has 0 fully saturated rings. The quantitative estimate of drug-likeness (QED) is 0.536. The van der Waals surface area contributed by atoms with Gasteiger partial charge in [0.1, 0.15) is 10.6 Å². The fraction of sp³-hybridized carbons (Fsp3) is 0.261. The summed E-state index contributed by atoms with van der Waals surface area (Å²) >= 11 is 0. The number of nitrogens with zero attached hydrogens (tertiary/aromatic N) is 1. The van der Waals surface area contributed by atoms with Crippen molar-refractivity contribution in [1.82, 2.24) is 4.98 Å². The summed E-state index contributed by atoms with van der Waals surface area (Å²) in [5, 5.41) is 0. The highest BCUT2D eigenvalue weighted by atomic mass is 32.2. The molecule has 1 aromatic carbocycles. The molecule has 32 heavy (non-hydrogen) atoms. The van der Waals surface area contributed by atoms with Crippen molar-refractivity contribution in [3.63, 3.8) is 0 Å². The predicted octanol–water partition coefficient (Wildman–Crippen LogP) is 5.62. The topological polar surface area (TPSA) is 56.3 Å². The third kappa shape index (κ3) is 4.77. The monoisotopic (exact) mass is 467 g/mol. The van der Waals surface area contributed by atoms with E-state index < -0.39 is 32.3 Å². The molecule has 1 aromatic heterocycles. The first-order chi connectivity index (χ1) is 14.9. The number of allylic oxidation sites excluding steroid dienone is 4. The van der Waals surface area contributed by atoms with Crippen LogP contribution in [0.5, 0.6) is 5.88 Å². The van der Waals surface area contributed by atoms with Crippen LogP contribution in [-0.2, 0) is 16.0 Å². The molecule has 0 radical (unpaired) electrons. The summed E-state index contributed by atoms with van der Waals surface area (Å²) in [7, 11) is -3.54. The van der Waals surface area contributed by atoms with Gasteiger partial charge in [-0.05, 0) is 42.7 Å². The van der Waals surface area contributed by atoms with Gasteiger partial charge >= 0.3 is 6.18 Å². The van der Waals surface area contributed by atoms with Crippen molar-refractivity contribution in [2.24, 2.45) is 0 Å². The zero-order valence-corrected chi connectivity index (χ0v) is 18.4. The number of ether oxygens (including phenoxy) is 1. The maximum Gasteiger partial charge on any atom is 0.434 e. The Morgan fingerprint density at radius 1 is 1.12 bits per heavy atom. The van der Waals surface area contributed by atoms with Gasteiger partial charge in [0.25, 0.3) is 0 Å². The molecular weight excluding hydrogens is 446 g/mol. The first kappa shape index (κ1) is 23.7. The standard InChI is InChI=1S/C23H21F4NO3S/c1-4-31-19-14-18(15-6-5-12-22(2,13-11-15)32(3,29)30)20(21(28-19)23(25,26)27)16-7-9-17(24)10-8-16/h5-14H,4H2,1-3H3. The zero-order chi connectivity index (χ0) is 23.7. The lowest BCUT2D eigenvalue weighted by atomic mass is 9.92. The van der Waals surface area contributed by atoms with Crippen LogP contribution in [0, 0.1) is 5.82 Å². The molecule has 0 saturated carbocycles. The van der Waals surface area contributed by atoms with Crippen LogP contribution in [0.15, 0.2) is 60.7 Å². The summed E-state index contributed by atoms with van der Waals surface area (Å²) < 4.78 is 83.9. The lowest BCUT2D eigenvalue weighted by molar-refractivity contribution is -0.140. The average Bonchev–Trinajstić information content (AvgIpc) is 2.90. The summed E-state index contributed by atoms with van der Waals surface area (Å²) in [5.41, 5.74) is -0.882. The second-order valence-corrected chi connectivity index (χ2v) is 9.86. The van der Waals surface area contributed by atoms with Crippen molar-refractivity contribution in [3.05, 3.63) is 77.8 Å². The van der Waals surface area contributed by atoms with Gasteiger partial charge in [-0.2, -0.15) is 13.2 Å². The molecule has 0 N–H and O–H groups in total. The van der Waals surface area contributed by atoms with Crippen molar-refractivity contribution < 1.29 is 30.7 Å². The van der Waals surface area contributed by atoms with Gasteiger partial charge in [0, 0.05) is 17.9 Å². The van der Waals surface area contributed by atoms with Crippen LogP contribution in [0.4, 0.5) is 17.6 Å². The minimum Gasteiger partial charge on any atom is -0.478 e. The molecule has 0 aliphatic heterocycles. The number of hydrogen-bond acceptors (Lipinski definition) is 4. The van der Waals surface area contributed by atoms with E-state index in [-0.39, 0.29) is 29.2 Å². The molecule has 1 unspecified atom stereocenters. The highest BCUT2D eigenvalue weighted by Gasteiger charge is 2.38. The van der Waals surface area contributed by atoms with E-state index in [4.69, 9.17) is 4.74 Å². The predicted molar refractivity (Wildman–Crippen MR) is 115 cm³/mol. The summed E-state index contributed by atoms with van der Waals surface area (Å²) in [5.74, 6) is -0.822. The Hall–Kier alpha value is -2.94. The average molecular weight is 467 g/mol. The molecule has 4 nitrogen and oxygen atoms in total. The van der Waals surface area contributed by atoms with E-state index in [1.807, 2.05) is 0 Å². The molecule has 0 bridgehead atoms. The lowest BCUT2D eigenvalue weighted by Crippen LogP contribution is -2.29. The Kier molecular flexibility index (Phi) is 6.33. The number of alkyl halides is 3. The molecule has 9 heteroatoms. The van der Waals surface area contributed by atoms with Crippen molar-refractivity contribution in [2.45, 2.75) is 24.8 Å². The molecule has 2 aromatic rings. The van der Waals surface area contributed by atoms with E-state index in [0.29, 0.717) is 5.57 Å². The summed E-state index contributed by atoms with van der Waals surface area (Å²) in [6.45, 7) is 3.21. The van der Waals surface area contributed by atoms with Gasteiger partial charge < -0.3 is 4.74 Å². The first-order valence-corrected chi connectivity index (χ1v) is 11.5. The highest BCUT2D eigenvalue weighted by molar-refractivity contribution is 7.92. The van der Waals surface area contributed by atoms with E-state index in [1.165, 1.54) is 55.5 Å². The lowest BCUT2D eigenvalue weighted by Gasteiger charge is -2.20. The van der Waals surface area contributed by atoms with Crippen LogP contribution < -0.4 is 4.74 Å². The molecule has 1 aliphatic carbocycles.